The Labute approximate surface area is 125 Å². The van der Waals surface area contributed by atoms with Crippen LogP contribution in [0.4, 0.5) is 0 Å². The molecule has 0 aliphatic carbocycles. The van der Waals surface area contributed by atoms with E-state index < -0.39 is 5.60 Å². The largest absolute Gasteiger partial charge is 0.382 e. The van der Waals surface area contributed by atoms with Gasteiger partial charge in [0.1, 0.15) is 17.6 Å². The minimum atomic E-state index is -1.07. The van der Waals surface area contributed by atoms with Gasteiger partial charge in [0.25, 0.3) is 5.91 Å². The highest BCUT2D eigenvalue weighted by molar-refractivity contribution is 6.05. The second-order valence-corrected chi connectivity index (χ2v) is 5.47. The maximum Gasteiger partial charge on any atom is 0.256 e. The molecule has 1 saturated heterocycles. The molecule has 0 bridgehead atoms. The van der Waals surface area contributed by atoms with Crippen LogP contribution in [0.25, 0.3) is 11.0 Å². The minimum absolute atomic E-state index is 0.142. The van der Waals surface area contributed by atoms with E-state index in [1.54, 1.807) is 29.6 Å². The first-order chi connectivity index (χ1) is 10.7. The second-order valence-electron chi connectivity index (χ2n) is 5.47. The zero-order valence-electron chi connectivity index (χ0n) is 11.7. The average molecular weight is 298 g/mol. The van der Waals surface area contributed by atoms with Gasteiger partial charge in [-0.3, -0.25) is 9.89 Å². The van der Waals surface area contributed by atoms with E-state index in [1.165, 1.54) is 6.33 Å². The Morgan fingerprint density at radius 1 is 1.45 bits per heavy atom. The number of aliphatic hydroxyl groups is 1. The van der Waals surface area contributed by atoms with Gasteiger partial charge in [0.15, 0.2) is 0 Å². The van der Waals surface area contributed by atoms with Gasteiger partial charge in [0.05, 0.1) is 17.8 Å². The Kier molecular flexibility index (Phi) is 2.73. The fourth-order valence-electron chi connectivity index (χ4n) is 2.91. The van der Waals surface area contributed by atoms with Gasteiger partial charge in [-0.2, -0.15) is 5.10 Å². The lowest BCUT2D eigenvalue weighted by Gasteiger charge is -2.21. The quantitative estimate of drug-likeness (QED) is 0.635. The van der Waals surface area contributed by atoms with E-state index in [0.717, 1.165) is 0 Å². The molecule has 0 spiro atoms. The van der Waals surface area contributed by atoms with E-state index in [2.05, 4.69) is 25.1 Å². The third-order valence-electron chi connectivity index (χ3n) is 4.12. The van der Waals surface area contributed by atoms with Crippen molar-refractivity contribution in [3.63, 3.8) is 0 Å². The van der Waals surface area contributed by atoms with Gasteiger partial charge in [0.2, 0.25) is 0 Å². The summed E-state index contributed by atoms with van der Waals surface area (Å²) in [5.74, 6) is -0.142. The smallest absolute Gasteiger partial charge is 0.256 e. The van der Waals surface area contributed by atoms with Gasteiger partial charge in [-0.25, -0.2) is 9.97 Å². The standard InChI is InChI=1S/C14H14N6O2/c21-13(10-6-16-12-9(10)5-15-8-17-12)20-4-2-14(22,7-20)11-1-3-18-19-11/h1,3,5-6,8,22H,2,4,7H2,(H,18,19)(H,15,16,17). The molecule has 0 saturated carbocycles. The van der Waals surface area contributed by atoms with Gasteiger partial charge in [-0.05, 0) is 6.07 Å². The van der Waals surface area contributed by atoms with E-state index in [9.17, 15) is 9.90 Å². The van der Waals surface area contributed by atoms with Crippen LogP contribution in [-0.2, 0) is 5.60 Å². The summed E-state index contributed by atoms with van der Waals surface area (Å²) >= 11 is 0. The van der Waals surface area contributed by atoms with Gasteiger partial charge in [-0.1, -0.05) is 0 Å². The fourth-order valence-corrected chi connectivity index (χ4v) is 2.91. The Bertz CT molecular complexity index is 827. The predicted octanol–water partition coefficient (Wildman–Crippen LogP) is 0.415. The maximum absolute atomic E-state index is 12.7. The first-order valence-electron chi connectivity index (χ1n) is 6.96. The molecular formula is C14H14N6O2. The number of amides is 1. The minimum Gasteiger partial charge on any atom is -0.382 e. The maximum atomic E-state index is 12.7. The third-order valence-corrected chi connectivity index (χ3v) is 4.12. The number of hydrogen-bond acceptors (Lipinski definition) is 5. The van der Waals surface area contributed by atoms with Crippen molar-refractivity contribution in [1.82, 2.24) is 30.0 Å². The molecule has 3 aromatic heterocycles. The molecule has 3 aromatic rings. The first-order valence-corrected chi connectivity index (χ1v) is 6.96. The van der Waals surface area contributed by atoms with Crippen molar-refractivity contribution in [2.45, 2.75) is 12.0 Å². The van der Waals surface area contributed by atoms with Gasteiger partial charge < -0.3 is 15.0 Å². The predicted molar refractivity (Wildman–Crippen MR) is 76.9 cm³/mol. The molecule has 0 radical (unpaired) electrons. The zero-order valence-corrected chi connectivity index (χ0v) is 11.7. The van der Waals surface area contributed by atoms with Crippen LogP contribution in [-0.4, -0.2) is 54.2 Å². The van der Waals surface area contributed by atoms with Crippen LogP contribution in [0.2, 0.25) is 0 Å². The highest BCUT2D eigenvalue weighted by atomic mass is 16.3. The summed E-state index contributed by atoms with van der Waals surface area (Å²) < 4.78 is 0. The van der Waals surface area contributed by atoms with Crippen LogP contribution in [0.5, 0.6) is 0 Å². The molecule has 4 heterocycles. The molecular weight excluding hydrogens is 284 g/mol. The van der Waals surface area contributed by atoms with Crippen molar-refractivity contribution in [2.75, 3.05) is 13.1 Å². The van der Waals surface area contributed by atoms with Crippen LogP contribution < -0.4 is 0 Å². The van der Waals surface area contributed by atoms with Gasteiger partial charge in [0, 0.05) is 36.9 Å². The molecule has 3 N–H and O–H groups in total. The number of carbonyl (C=O) groups is 1. The van der Waals surface area contributed by atoms with Crippen molar-refractivity contribution in [3.8, 4) is 0 Å². The summed E-state index contributed by atoms with van der Waals surface area (Å²) in [6.45, 7) is 0.711. The van der Waals surface area contributed by atoms with Gasteiger partial charge in [-0.15, -0.1) is 0 Å². The lowest BCUT2D eigenvalue weighted by Crippen LogP contribution is -2.34. The Morgan fingerprint density at radius 2 is 2.36 bits per heavy atom. The summed E-state index contributed by atoms with van der Waals surface area (Å²) in [5.41, 5.74) is 0.699. The summed E-state index contributed by atoms with van der Waals surface area (Å²) in [6.07, 6.45) is 6.74. The normalized spacial score (nSPS) is 21.6. The summed E-state index contributed by atoms with van der Waals surface area (Å²) in [4.78, 5) is 25.3. The van der Waals surface area contributed by atoms with Crippen LogP contribution in [0.15, 0.2) is 31.0 Å². The number of rotatable bonds is 2. The fraction of sp³-hybridized carbons (Fsp3) is 0.286. The highest BCUT2D eigenvalue weighted by Crippen LogP contribution is 2.31. The van der Waals surface area contributed by atoms with Crippen LogP contribution in [0, 0.1) is 0 Å². The van der Waals surface area contributed by atoms with E-state index in [4.69, 9.17) is 0 Å². The molecule has 1 unspecified atom stereocenters. The number of H-pyrrole nitrogens is 2. The number of aromatic nitrogens is 5. The lowest BCUT2D eigenvalue weighted by molar-refractivity contribution is 0.0383. The van der Waals surface area contributed by atoms with Crippen LogP contribution in [0.3, 0.4) is 0 Å². The van der Waals surface area contributed by atoms with E-state index >= 15 is 0 Å². The molecule has 1 aliphatic heterocycles. The summed E-state index contributed by atoms with van der Waals surface area (Å²) in [5, 5.41) is 18.0. The number of hydrogen-bond donors (Lipinski definition) is 3. The molecule has 0 aromatic carbocycles. The monoisotopic (exact) mass is 298 g/mol. The summed E-state index contributed by atoms with van der Waals surface area (Å²) in [6, 6.07) is 1.73. The van der Waals surface area contributed by atoms with Crippen molar-refractivity contribution in [2.24, 2.45) is 0 Å². The number of nitrogens with one attached hydrogen (secondary N) is 2. The van der Waals surface area contributed by atoms with Crippen molar-refractivity contribution >= 4 is 16.9 Å². The molecule has 8 heteroatoms. The summed E-state index contributed by atoms with van der Waals surface area (Å²) in [7, 11) is 0. The molecule has 22 heavy (non-hydrogen) atoms. The highest BCUT2D eigenvalue weighted by Gasteiger charge is 2.41. The van der Waals surface area contributed by atoms with Crippen molar-refractivity contribution < 1.29 is 9.90 Å². The van der Waals surface area contributed by atoms with Crippen molar-refractivity contribution in [3.05, 3.63) is 42.2 Å². The van der Waals surface area contributed by atoms with Gasteiger partial charge >= 0.3 is 0 Å². The van der Waals surface area contributed by atoms with E-state index in [0.29, 0.717) is 35.3 Å². The Hall–Kier alpha value is -2.74. The molecule has 1 atom stereocenters. The molecule has 8 nitrogen and oxygen atoms in total. The zero-order chi connectivity index (χ0) is 15.2. The number of carbonyl (C=O) groups excluding carboxylic acids is 1. The SMILES string of the molecule is O=C(c1c[nH]c2ncncc12)N1CCC(O)(c2ccn[nH]2)C1. The lowest BCUT2D eigenvalue weighted by atomic mass is 9.99. The van der Waals surface area contributed by atoms with Crippen LogP contribution in [0.1, 0.15) is 22.5 Å². The topological polar surface area (TPSA) is 111 Å². The number of aromatic amines is 2. The third kappa shape index (κ3) is 1.88. The number of fused-ring (bicyclic) bond motifs is 1. The van der Waals surface area contributed by atoms with Crippen LogP contribution >= 0.6 is 0 Å². The first kappa shape index (κ1) is 13.0. The molecule has 4 rings (SSSR count). The molecule has 1 aliphatic rings. The number of nitrogens with zero attached hydrogens (tertiary/aromatic N) is 4. The number of likely N-dealkylation sites (tertiary alicyclic amines) is 1. The molecule has 1 amide bonds. The average Bonchev–Trinajstić information content (AvgIpc) is 3.26. The van der Waals surface area contributed by atoms with E-state index in [1.807, 2.05) is 0 Å². The second kappa shape index (κ2) is 4.63. The molecule has 112 valence electrons. The van der Waals surface area contributed by atoms with Crippen molar-refractivity contribution in [1.29, 1.82) is 0 Å². The Morgan fingerprint density at radius 3 is 3.18 bits per heavy atom. The Balaban J connectivity index is 1.62. The van der Waals surface area contributed by atoms with E-state index in [-0.39, 0.29) is 12.5 Å². The number of β-amino-alcohol motifs (C(OH)–C–C–N with tert-alkyl or cyclic N) is 1. The molecule has 1 fully saturated rings.